The van der Waals surface area contributed by atoms with Crippen LogP contribution in [-0.4, -0.2) is 17.5 Å². The summed E-state index contributed by atoms with van der Waals surface area (Å²) < 4.78 is 7.55. The molecule has 0 aromatic heterocycles. The molecule has 3 heteroatoms. The quantitative estimate of drug-likeness (QED) is 0.705. The third kappa shape index (κ3) is 4.87. The van der Waals surface area contributed by atoms with Gasteiger partial charge in [-0.15, -0.1) is 0 Å². The van der Waals surface area contributed by atoms with E-state index in [9.17, 15) is 0 Å². The van der Waals surface area contributed by atoms with Crippen LogP contribution in [0.2, 0.25) is 0 Å². The highest BCUT2D eigenvalue weighted by atomic mass is 35.5. The zero-order valence-electron chi connectivity index (χ0n) is 11.8. The van der Waals surface area contributed by atoms with Gasteiger partial charge >= 0.3 is 0 Å². The molecule has 0 saturated heterocycles. The van der Waals surface area contributed by atoms with Crippen LogP contribution in [0.1, 0.15) is 18.1 Å². The van der Waals surface area contributed by atoms with Gasteiger partial charge in [0.05, 0.1) is 0 Å². The van der Waals surface area contributed by atoms with Crippen LogP contribution in [0.5, 0.6) is 5.75 Å². The van der Waals surface area contributed by atoms with Gasteiger partial charge < -0.3 is 4.74 Å². The molecule has 0 fully saturated rings. The molecule has 0 N–H and O–H groups in total. The van der Waals surface area contributed by atoms with Crippen molar-refractivity contribution in [2.75, 3.05) is 13.1 Å². The number of benzene rings is 2. The summed E-state index contributed by atoms with van der Waals surface area (Å²) in [6.07, 6.45) is 0.955. The summed E-state index contributed by atoms with van der Waals surface area (Å²) in [5.74, 6) is 0.899. The van der Waals surface area contributed by atoms with Gasteiger partial charge in [-0.25, -0.2) is 4.42 Å². The molecule has 0 bridgehead atoms. The Labute approximate surface area is 126 Å². The van der Waals surface area contributed by atoms with Crippen LogP contribution in [0, 0.1) is 0 Å². The van der Waals surface area contributed by atoms with E-state index < -0.39 is 0 Å². The van der Waals surface area contributed by atoms with E-state index in [0.29, 0.717) is 6.61 Å². The molecule has 2 aromatic carbocycles. The number of halogens is 1. The summed E-state index contributed by atoms with van der Waals surface area (Å²) in [4.78, 5) is 0. The fraction of sp³-hybridized carbons (Fsp3) is 0.294. The Morgan fingerprint density at radius 2 is 1.65 bits per heavy atom. The summed E-state index contributed by atoms with van der Waals surface area (Å²) in [5, 5.41) is 0. The molecule has 2 nitrogen and oxygen atoms in total. The van der Waals surface area contributed by atoms with E-state index in [2.05, 4.69) is 24.3 Å². The van der Waals surface area contributed by atoms with Crippen molar-refractivity contribution in [1.82, 2.24) is 4.42 Å². The average molecular weight is 290 g/mol. The lowest BCUT2D eigenvalue weighted by Gasteiger charge is -2.11. The van der Waals surface area contributed by atoms with E-state index in [1.54, 1.807) is 4.42 Å². The van der Waals surface area contributed by atoms with Crippen molar-refractivity contribution in [1.29, 1.82) is 0 Å². The Morgan fingerprint density at radius 1 is 0.950 bits per heavy atom. The zero-order valence-corrected chi connectivity index (χ0v) is 12.5. The molecule has 0 saturated carbocycles. The SMILES string of the molecule is CCN(Cl)CCc1ccc(OCc2ccccc2)cc1. The average Bonchev–Trinajstić information content (AvgIpc) is 2.52. The van der Waals surface area contributed by atoms with Crippen molar-refractivity contribution in [3.8, 4) is 5.75 Å². The number of hydrogen-bond donors (Lipinski definition) is 0. The minimum absolute atomic E-state index is 0.603. The molecule has 0 aliphatic heterocycles. The molecule has 20 heavy (non-hydrogen) atoms. The summed E-state index contributed by atoms with van der Waals surface area (Å²) in [7, 11) is 0. The first kappa shape index (κ1) is 14.9. The van der Waals surface area contributed by atoms with Crippen LogP contribution in [0.4, 0.5) is 0 Å². The third-order valence-electron chi connectivity index (χ3n) is 3.16. The Balaban J connectivity index is 1.82. The molecule has 0 amide bonds. The van der Waals surface area contributed by atoms with Crippen molar-refractivity contribution in [3.63, 3.8) is 0 Å². The fourth-order valence-corrected chi connectivity index (χ4v) is 1.99. The van der Waals surface area contributed by atoms with E-state index in [1.807, 2.05) is 37.3 Å². The third-order valence-corrected chi connectivity index (χ3v) is 3.57. The molecule has 0 aliphatic rings. The summed E-state index contributed by atoms with van der Waals surface area (Å²) in [6.45, 7) is 4.38. The van der Waals surface area contributed by atoms with Gasteiger partial charge in [0.15, 0.2) is 0 Å². The predicted molar refractivity (Wildman–Crippen MR) is 84.0 cm³/mol. The second kappa shape index (κ2) is 7.93. The standard InChI is InChI=1S/C17H20ClNO/c1-2-19(18)13-12-15-8-10-17(11-9-15)20-14-16-6-4-3-5-7-16/h3-11H,2,12-14H2,1H3. The summed E-state index contributed by atoms with van der Waals surface area (Å²) in [6, 6.07) is 18.4. The Kier molecular flexibility index (Phi) is 5.90. The van der Waals surface area contributed by atoms with Crippen LogP contribution >= 0.6 is 11.8 Å². The fourth-order valence-electron chi connectivity index (χ4n) is 1.90. The molecule has 0 unspecified atom stereocenters. The van der Waals surface area contributed by atoms with Gasteiger partial charge in [0.25, 0.3) is 0 Å². The van der Waals surface area contributed by atoms with Crippen LogP contribution in [0.25, 0.3) is 0 Å². The number of rotatable bonds is 7. The Morgan fingerprint density at radius 3 is 2.30 bits per heavy atom. The molecule has 0 radical (unpaired) electrons. The van der Waals surface area contributed by atoms with Gasteiger partial charge in [-0.1, -0.05) is 49.4 Å². The van der Waals surface area contributed by atoms with Crippen molar-refractivity contribution in [2.45, 2.75) is 20.0 Å². The highest BCUT2D eigenvalue weighted by molar-refractivity contribution is 6.13. The van der Waals surface area contributed by atoms with E-state index >= 15 is 0 Å². The van der Waals surface area contributed by atoms with E-state index in [1.165, 1.54) is 11.1 Å². The predicted octanol–water partition coefficient (Wildman–Crippen LogP) is 4.28. The molecule has 106 valence electrons. The minimum atomic E-state index is 0.603. The summed E-state index contributed by atoms with van der Waals surface area (Å²) >= 11 is 5.97. The first-order valence-electron chi connectivity index (χ1n) is 6.94. The van der Waals surface area contributed by atoms with Gasteiger partial charge in [-0.3, -0.25) is 0 Å². The number of hydrogen-bond acceptors (Lipinski definition) is 2. The second-order valence-electron chi connectivity index (χ2n) is 4.67. The monoisotopic (exact) mass is 289 g/mol. The van der Waals surface area contributed by atoms with Crippen LogP contribution in [0.15, 0.2) is 54.6 Å². The first-order chi connectivity index (χ1) is 9.78. The molecule has 0 heterocycles. The maximum Gasteiger partial charge on any atom is 0.119 e. The number of likely N-dealkylation sites (N-methyl/N-ethyl adjacent to an activating group) is 1. The van der Waals surface area contributed by atoms with Crippen molar-refractivity contribution >= 4 is 11.8 Å². The minimum Gasteiger partial charge on any atom is -0.489 e. The lowest BCUT2D eigenvalue weighted by atomic mass is 10.1. The highest BCUT2D eigenvalue weighted by Gasteiger charge is 2.00. The maximum absolute atomic E-state index is 5.97. The normalized spacial score (nSPS) is 10.8. The molecule has 0 atom stereocenters. The van der Waals surface area contributed by atoms with Crippen molar-refractivity contribution < 1.29 is 4.74 Å². The second-order valence-corrected chi connectivity index (χ2v) is 5.15. The Bertz CT molecular complexity index is 498. The zero-order chi connectivity index (χ0) is 14.2. The molecule has 2 rings (SSSR count). The van der Waals surface area contributed by atoms with Gasteiger partial charge in [-0.2, -0.15) is 0 Å². The van der Waals surface area contributed by atoms with Crippen LogP contribution in [-0.2, 0) is 13.0 Å². The highest BCUT2D eigenvalue weighted by Crippen LogP contribution is 2.15. The first-order valence-corrected chi connectivity index (χ1v) is 7.28. The van der Waals surface area contributed by atoms with Gasteiger partial charge in [-0.05, 0) is 41.5 Å². The smallest absolute Gasteiger partial charge is 0.119 e. The lowest BCUT2D eigenvalue weighted by Crippen LogP contribution is -2.14. The van der Waals surface area contributed by atoms with Crippen molar-refractivity contribution in [3.05, 3.63) is 65.7 Å². The molecular weight excluding hydrogens is 270 g/mol. The van der Waals surface area contributed by atoms with Gasteiger partial charge in [0, 0.05) is 13.1 Å². The van der Waals surface area contributed by atoms with Gasteiger partial charge in [0.1, 0.15) is 12.4 Å². The molecular formula is C17H20ClNO. The van der Waals surface area contributed by atoms with Crippen molar-refractivity contribution in [2.24, 2.45) is 0 Å². The van der Waals surface area contributed by atoms with Crippen LogP contribution in [0.3, 0.4) is 0 Å². The van der Waals surface area contributed by atoms with E-state index in [0.717, 1.165) is 25.3 Å². The summed E-state index contributed by atoms with van der Waals surface area (Å²) in [5.41, 5.74) is 2.45. The van der Waals surface area contributed by atoms with Gasteiger partial charge in [0.2, 0.25) is 0 Å². The molecule has 0 spiro atoms. The number of ether oxygens (including phenoxy) is 1. The van der Waals surface area contributed by atoms with Crippen LogP contribution < -0.4 is 4.74 Å². The molecule has 0 aliphatic carbocycles. The largest absolute Gasteiger partial charge is 0.489 e. The molecule has 2 aromatic rings. The van der Waals surface area contributed by atoms with E-state index in [-0.39, 0.29) is 0 Å². The van der Waals surface area contributed by atoms with E-state index in [4.69, 9.17) is 16.5 Å². The maximum atomic E-state index is 5.97. The Hall–Kier alpha value is -1.51. The lowest BCUT2D eigenvalue weighted by molar-refractivity contribution is 0.306. The number of nitrogens with zero attached hydrogens (tertiary/aromatic N) is 1. The topological polar surface area (TPSA) is 12.5 Å².